The Balaban J connectivity index is 2.18. The van der Waals surface area contributed by atoms with Crippen LogP contribution in [-0.4, -0.2) is 51.3 Å². The summed E-state index contributed by atoms with van der Waals surface area (Å²) in [5.74, 6) is 1.30. The van der Waals surface area contributed by atoms with E-state index in [4.69, 9.17) is 19.9 Å². The van der Waals surface area contributed by atoms with Gasteiger partial charge in [0.1, 0.15) is 6.04 Å². The quantitative estimate of drug-likeness (QED) is 0.859. The molecule has 0 saturated heterocycles. The van der Waals surface area contributed by atoms with Crippen molar-refractivity contribution in [3.63, 3.8) is 0 Å². The number of ether oxygens (including phenoxy) is 3. The molecule has 2 N–H and O–H groups in total. The number of rotatable bonds is 5. The van der Waals surface area contributed by atoms with E-state index in [0.717, 1.165) is 12.0 Å². The zero-order valence-corrected chi connectivity index (χ0v) is 12.7. The maximum absolute atomic E-state index is 12.2. The van der Waals surface area contributed by atoms with Crippen LogP contribution in [0.25, 0.3) is 0 Å². The Labute approximate surface area is 124 Å². The first-order chi connectivity index (χ1) is 10.1. The highest BCUT2D eigenvalue weighted by Gasteiger charge is 2.26. The molecule has 0 aliphatic carbocycles. The molecule has 0 fully saturated rings. The van der Waals surface area contributed by atoms with Crippen molar-refractivity contribution in [3.05, 3.63) is 23.3 Å². The van der Waals surface area contributed by atoms with Crippen LogP contribution in [0.15, 0.2) is 12.1 Å². The number of carbonyl (C=O) groups excluding carboxylic acids is 1. The lowest BCUT2D eigenvalue weighted by Gasteiger charge is -2.31. The summed E-state index contributed by atoms with van der Waals surface area (Å²) in [6.07, 6.45) is 0.779. The van der Waals surface area contributed by atoms with Gasteiger partial charge in [0.2, 0.25) is 5.91 Å². The number of methoxy groups -OCH3 is 3. The molecule has 116 valence electrons. The summed E-state index contributed by atoms with van der Waals surface area (Å²) in [5.41, 5.74) is 8.06. The van der Waals surface area contributed by atoms with Crippen LogP contribution < -0.4 is 15.2 Å². The van der Waals surface area contributed by atoms with Gasteiger partial charge in [-0.3, -0.25) is 4.79 Å². The molecule has 0 spiro atoms. The summed E-state index contributed by atoms with van der Waals surface area (Å²) in [7, 11) is 4.76. The van der Waals surface area contributed by atoms with E-state index in [0.29, 0.717) is 24.6 Å². The number of benzene rings is 1. The third kappa shape index (κ3) is 3.28. The van der Waals surface area contributed by atoms with Crippen LogP contribution in [0.1, 0.15) is 11.1 Å². The molecule has 0 bridgehead atoms. The van der Waals surface area contributed by atoms with Crippen molar-refractivity contribution in [3.8, 4) is 11.5 Å². The first-order valence-electron chi connectivity index (χ1n) is 6.87. The summed E-state index contributed by atoms with van der Waals surface area (Å²) in [4.78, 5) is 14.0. The van der Waals surface area contributed by atoms with Gasteiger partial charge in [-0.2, -0.15) is 0 Å². The first-order valence-corrected chi connectivity index (χ1v) is 6.87. The van der Waals surface area contributed by atoms with Crippen LogP contribution >= 0.6 is 0 Å². The van der Waals surface area contributed by atoms with Gasteiger partial charge in [-0.1, -0.05) is 0 Å². The molecule has 1 aromatic rings. The molecule has 6 heteroatoms. The van der Waals surface area contributed by atoms with E-state index in [1.165, 1.54) is 12.7 Å². The van der Waals surface area contributed by atoms with E-state index in [2.05, 4.69) is 0 Å². The van der Waals surface area contributed by atoms with E-state index in [9.17, 15) is 4.79 Å². The van der Waals surface area contributed by atoms with Crippen molar-refractivity contribution in [1.29, 1.82) is 0 Å². The second-order valence-corrected chi connectivity index (χ2v) is 5.05. The minimum absolute atomic E-state index is 0.0858. The van der Waals surface area contributed by atoms with Crippen molar-refractivity contribution in [2.24, 2.45) is 5.73 Å². The third-order valence-electron chi connectivity index (χ3n) is 3.69. The molecule has 0 saturated carbocycles. The Morgan fingerprint density at radius 2 is 1.86 bits per heavy atom. The average Bonchev–Trinajstić information content (AvgIpc) is 2.52. The van der Waals surface area contributed by atoms with Crippen LogP contribution in [-0.2, 0) is 22.5 Å². The second-order valence-electron chi connectivity index (χ2n) is 5.05. The van der Waals surface area contributed by atoms with Gasteiger partial charge in [0.25, 0.3) is 0 Å². The highest BCUT2D eigenvalue weighted by Crippen LogP contribution is 2.33. The van der Waals surface area contributed by atoms with Crippen molar-refractivity contribution in [2.45, 2.75) is 19.0 Å². The van der Waals surface area contributed by atoms with Crippen LogP contribution in [0, 0.1) is 0 Å². The standard InChI is InChI=1S/C15H22N2O4/c1-19-9-12(16)15(18)17-5-4-10-6-13(20-2)14(21-3)7-11(10)8-17/h6-7,12H,4-5,8-9,16H2,1-3H3. The predicted octanol–water partition coefficient (Wildman–Crippen LogP) is 0.562. The minimum Gasteiger partial charge on any atom is -0.493 e. The molecule has 1 aromatic carbocycles. The summed E-state index contributed by atoms with van der Waals surface area (Å²) in [5, 5.41) is 0. The Hall–Kier alpha value is -1.79. The zero-order chi connectivity index (χ0) is 15.4. The Kier molecular flexibility index (Phi) is 5.03. The van der Waals surface area contributed by atoms with E-state index < -0.39 is 6.04 Å². The van der Waals surface area contributed by atoms with Gasteiger partial charge in [-0.25, -0.2) is 0 Å². The van der Waals surface area contributed by atoms with Crippen LogP contribution in [0.3, 0.4) is 0 Å². The van der Waals surface area contributed by atoms with Gasteiger partial charge in [0.05, 0.1) is 20.8 Å². The number of hydrogen-bond acceptors (Lipinski definition) is 5. The number of nitrogens with two attached hydrogens (primary N) is 1. The molecule has 1 heterocycles. The summed E-state index contributed by atoms with van der Waals surface area (Å²) in [6, 6.07) is 3.29. The van der Waals surface area contributed by atoms with Crippen molar-refractivity contribution < 1.29 is 19.0 Å². The monoisotopic (exact) mass is 294 g/mol. The van der Waals surface area contributed by atoms with E-state index >= 15 is 0 Å². The minimum atomic E-state index is -0.614. The van der Waals surface area contributed by atoms with Gasteiger partial charge < -0.3 is 24.8 Å². The number of nitrogens with zero attached hydrogens (tertiary/aromatic N) is 1. The lowest BCUT2D eigenvalue weighted by Crippen LogP contribution is -2.47. The molecular formula is C15H22N2O4. The SMILES string of the molecule is COCC(N)C(=O)N1CCc2cc(OC)c(OC)cc2C1. The van der Waals surface area contributed by atoms with Crippen LogP contribution in [0.5, 0.6) is 11.5 Å². The van der Waals surface area contributed by atoms with Crippen molar-refractivity contribution in [1.82, 2.24) is 4.90 Å². The van der Waals surface area contributed by atoms with Crippen LogP contribution in [0.2, 0.25) is 0 Å². The predicted molar refractivity (Wildman–Crippen MR) is 78.5 cm³/mol. The number of amides is 1. The number of hydrogen-bond donors (Lipinski definition) is 1. The Morgan fingerprint density at radius 1 is 1.24 bits per heavy atom. The highest BCUT2D eigenvalue weighted by molar-refractivity contribution is 5.82. The fourth-order valence-electron chi connectivity index (χ4n) is 2.56. The van der Waals surface area contributed by atoms with Gasteiger partial charge in [-0.15, -0.1) is 0 Å². The Morgan fingerprint density at radius 3 is 2.43 bits per heavy atom. The summed E-state index contributed by atoms with van der Waals surface area (Å²) < 4.78 is 15.6. The van der Waals surface area contributed by atoms with Gasteiger partial charge in [0.15, 0.2) is 11.5 Å². The lowest BCUT2D eigenvalue weighted by atomic mass is 9.98. The van der Waals surface area contributed by atoms with Crippen molar-refractivity contribution in [2.75, 3.05) is 34.5 Å². The normalized spacial score (nSPS) is 15.3. The molecular weight excluding hydrogens is 272 g/mol. The lowest BCUT2D eigenvalue weighted by molar-refractivity contribution is -0.134. The molecule has 1 aliphatic heterocycles. The fraction of sp³-hybridized carbons (Fsp3) is 0.533. The van der Waals surface area contributed by atoms with Gasteiger partial charge >= 0.3 is 0 Å². The van der Waals surface area contributed by atoms with Crippen LogP contribution in [0.4, 0.5) is 0 Å². The first kappa shape index (κ1) is 15.6. The maximum atomic E-state index is 12.2. The number of fused-ring (bicyclic) bond motifs is 1. The van der Waals surface area contributed by atoms with E-state index in [1.54, 1.807) is 19.1 Å². The second kappa shape index (κ2) is 6.78. The Bertz CT molecular complexity index is 519. The molecule has 0 radical (unpaired) electrons. The molecule has 2 rings (SSSR count). The summed E-state index contributed by atoms with van der Waals surface area (Å²) >= 11 is 0. The molecule has 21 heavy (non-hydrogen) atoms. The van der Waals surface area contributed by atoms with E-state index in [1.807, 2.05) is 12.1 Å². The van der Waals surface area contributed by atoms with E-state index in [-0.39, 0.29) is 12.5 Å². The molecule has 6 nitrogen and oxygen atoms in total. The summed E-state index contributed by atoms with van der Waals surface area (Å²) in [6.45, 7) is 1.42. The smallest absolute Gasteiger partial charge is 0.242 e. The van der Waals surface area contributed by atoms with Gasteiger partial charge in [-0.05, 0) is 29.7 Å². The largest absolute Gasteiger partial charge is 0.493 e. The number of carbonyl (C=O) groups is 1. The van der Waals surface area contributed by atoms with Gasteiger partial charge in [0, 0.05) is 20.2 Å². The fourth-order valence-corrected chi connectivity index (χ4v) is 2.56. The third-order valence-corrected chi connectivity index (χ3v) is 3.69. The molecule has 1 atom stereocenters. The molecule has 0 aromatic heterocycles. The average molecular weight is 294 g/mol. The molecule has 1 amide bonds. The zero-order valence-electron chi connectivity index (χ0n) is 12.7. The topological polar surface area (TPSA) is 74.0 Å². The highest BCUT2D eigenvalue weighted by atomic mass is 16.5. The maximum Gasteiger partial charge on any atom is 0.242 e. The molecule has 1 unspecified atom stereocenters. The van der Waals surface area contributed by atoms with Crippen molar-refractivity contribution >= 4 is 5.91 Å². The molecule has 1 aliphatic rings.